The summed E-state index contributed by atoms with van der Waals surface area (Å²) in [7, 11) is 0. The SMILES string of the molecule is CC(COCC(O)CN1CCN(c2ccccc2)CC1)c1ccccc1. The van der Waals surface area contributed by atoms with E-state index >= 15 is 0 Å². The quantitative estimate of drug-likeness (QED) is 0.791. The van der Waals surface area contributed by atoms with E-state index in [0.29, 0.717) is 25.7 Å². The number of aliphatic hydroxyl groups excluding tert-OH is 1. The molecule has 0 amide bonds. The lowest BCUT2D eigenvalue weighted by Gasteiger charge is -2.36. The van der Waals surface area contributed by atoms with Crippen LogP contribution in [-0.4, -0.2) is 62.0 Å². The number of nitrogens with zero attached hydrogens (tertiary/aromatic N) is 2. The van der Waals surface area contributed by atoms with Crippen LogP contribution in [0.1, 0.15) is 18.4 Å². The Morgan fingerprint density at radius 1 is 0.885 bits per heavy atom. The minimum atomic E-state index is -0.429. The summed E-state index contributed by atoms with van der Waals surface area (Å²) in [5, 5.41) is 10.3. The molecule has 1 aliphatic heterocycles. The molecule has 0 radical (unpaired) electrons. The normalized spacial score (nSPS) is 17.8. The van der Waals surface area contributed by atoms with Crippen molar-refractivity contribution in [2.75, 3.05) is 50.8 Å². The Bertz CT molecular complexity index is 627. The molecule has 26 heavy (non-hydrogen) atoms. The smallest absolute Gasteiger partial charge is 0.0900 e. The maximum absolute atomic E-state index is 10.3. The topological polar surface area (TPSA) is 35.9 Å². The van der Waals surface area contributed by atoms with E-state index in [0.717, 1.165) is 26.2 Å². The highest BCUT2D eigenvalue weighted by atomic mass is 16.5. The van der Waals surface area contributed by atoms with Crippen LogP contribution in [0.4, 0.5) is 5.69 Å². The van der Waals surface area contributed by atoms with Gasteiger partial charge in [-0.25, -0.2) is 0 Å². The van der Waals surface area contributed by atoms with Crippen molar-refractivity contribution in [3.8, 4) is 0 Å². The molecule has 4 nitrogen and oxygen atoms in total. The van der Waals surface area contributed by atoms with E-state index in [2.05, 4.69) is 71.3 Å². The van der Waals surface area contributed by atoms with Gasteiger partial charge in [-0.05, 0) is 17.7 Å². The fourth-order valence-corrected chi connectivity index (χ4v) is 3.44. The zero-order chi connectivity index (χ0) is 18.2. The molecule has 2 unspecified atom stereocenters. The monoisotopic (exact) mass is 354 g/mol. The number of β-amino-alcohol motifs (C(OH)–C–C–N with tert-alkyl or cyclic N) is 1. The zero-order valence-corrected chi connectivity index (χ0v) is 15.6. The van der Waals surface area contributed by atoms with Gasteiger partial charge in [0.2, 0.25) is 0 Å². The molecule has 1 fully saturated rings. The van der Waals surface area contributed by atoms with Crippen LogP contribution in [-0.2, 0) is 4.74 Å². The van der Waals surface area contributed by atoms with Gasteiger partial charge in [0.1, 0.15) is 0 Å². The third kappa shape index (κ3) is 5.56. The first-order valence-corrected chi connectivity index (χ1v) is 9.55. The van der Waals surface area contributed by atoms with E-state index in [1.807, 2.05) is 6.07 Å². The molecule has 1 heterocycles. The van der Waals surface area contributed by atoms with Crippen LogP contribution in [0, 0.1) is 0 Å². The van der Waals surface area contributed by atoms with Crippen LogP contribution in [0.2, 0.25) is 0 Å². The average Bonchev–Trinajstić information content (AvgIpc) is 2.70. The van der Waals surface area contributed by atoms with E-state index in [4.69, 9.17) is 4.74 Å². The number of hydrogen-bond acceptors (Lipinski definition) is 4. The van der Waals surface area contributed by atoms with Crippen LogP contribution in [0.15, 0.2) is 60.7 Å². The van der Waals surface area contributed by atoms with Gasteiger partial charge in [-0.1, -0.05) is 55.5 Å². The highest BCUT2D eigenvalue weighted by Gasteiger charge is 2.19. The van der Waals surface area contributed by atoms with Crippen molar-refractivity contribution in [1.29, 1.82) is 0 Å². The fourth-order valence-electron chi connectivity index (χ4n) is 3.44. The summed E-state index contributed by atoms with van der Waals surface area (Å²) < 4.78 is 5.76. The van der Waals surface area contributed by atoms with Crippen molar-refractivity contribution >= 4 is 5.69 Å². The van der Waals surface area contributed by atoms with Gasteiger partial charge in [-0.15, -0.1) is 0 Å². The summed E-state index contributed by atoms with van der Waals surface area (Å²) in [6.45, 7) is 7.84. The fraction of sp³-hybridized carbons (Fsp3) is 0.455. The zero-order valence-electron chi connectivity index (χ0n) is 15.6. The summed E-state index contributed by atoms with van der Waals surface area (Å²) in [5.74, 6) is 0.345. The number of hydrogen-bond donors (Lipinski definition) is 1. The molecule has 0 bridgehead atoms. The van der Waals surface area contributed by atoms with Crippen molar-refractivity contribution in [3.05, 3.63) is 66.2 Å². The predicted molar refractivity (Wildman–Crippen MR) is 107 cm³/mol. The number of piperazine rings is 1. The maximum atomic E-state index is 10.3. The van der Waals surface area contributed by atoms with Crippen molar-refractivity contribution in [3.63, 3.8) is 0 Å². The molecular weight excluding hydrogens is 324 g/mol. The van der Waals surface area contributed by atoms with Gasteiger partial charge in [-0.3, -0.25) is 4.90 Å². The van der Waals surface area contributed by atoms with Crippen LogP contribution < -0.4 is 4.90 Å². The molecule has 2 aromatic rings. The maximum Gasteiger partial charge on any atom is 0.0900 e. The van der Waals surface area contributed by atoms with Crippen molar-refractivity contribution in [2.45, 2.75) is 18.9 Å². The summed E-state index contributed by atoms with van der Waals surface area (Å²) in [6, 6.07) is 20.9. The Balaban J connectivity index is 1.33. The molecule has 0 saturated carbocycles. The van der Waals surface area contributed by atoms with Gasteiger partial charge >= 0.3 is 0 Å². The highest BCUT2D eigenvalue weighted by molar-refractivity contribution is 5.46. The van der Waals surface area contributed by atoms with E-state index in [1.54, 1.807) is 0 Å². The van der Waals surface area contributed by atoms with Gasteiger partial charge in [-0.2, -0.15) is 0 Å². The van der Waals surface area contributed by atoms with Crippen molar-refractivity contribution < 1.29 is 9.84 Å². The lowest BCUT2D eigenvalue weighted by atomic mass is 10.0. The Morgan fingerprint density at radius 2 is 1.50 bits per heavy atom. The number of ether oxygens (including phenoxy) is 1. The molecule has 3 rings (SSSR count). The lowest BCUT2D eigenvalue weighted by molar-refractivity contribution is 0.0123. The van der Waals surface area contributed by atoms with Gasteiger partial charge in [0.05, 0.1) is 19.3 Å². The Kier molecular flexibility index (Phi) is 7.06. The minimum absolute atomic E-state index is 0.345. The van der Waals surface area contributed by atoms with Crippen molar-refractivity contribution in [1.82, 2.24) is 4.90 Å². The van der Waals surface area contributed by atoms with E-state index in [9.17, 15) is 5.11 Å². The highest BCUT2D eigenvalue weighted by Crippen LogP contribution is 2.16. The summed E-state index contributed by atoms with van der Waals surface area (Å²) in [6.07, 6.45) is -0.429. The summed E-state index contributed by atoms with van der Waals surface area (Å²) in [5.41, 5.74) is 2.56. The molecule has 140 valence electrons. The molecule has 0 aliphatic carbocycles. The summed E-state index contributed by atoms with van der Waals surface area (Å²) in [4.78, 5) is 4.73. The molecule has 2 atom stereocenters. The average molecular weight is 354 g/mol. The van der Waals surface area contributed by atoms with Gasteiger partial charge < -0.3 is 14.7 Å². The van der Waals surface area contributed by atoms with Crippen LogP contribution in [0.3, 0.4) is 0 Å². The molecule has 0 aromatic heterocycles. The second-order valence-electron chi connectivity index (χ2n) is 7.13. The van der Waals surface area contributed by atoms with Crippen LogP contribution >= 0.6 is 0 Å². The second kappa shape index (κ2) is 9.72. The molecule has 0 spiro atoms. The predicted octanol–water partition coefficient (Wildman–Crippen LogP) is 2.99. The van der Waals surface area contributed by atoms with Gasteiger partial charge in [0.15, 0.2) is 0 Å². The number of rotatable bonds is 8. The molecule has 1 saturated heterocycles. The van der Waals surface area contributed by atoms with Gasteiger partial charge in [0.25, 0.3) is 0 Å². The third-order valence-corrected chi connectivity index (χ3v) is 5.01. The third-order valence-electron chi connectivity index (χ3n) is 5.01. The number of benzene rings is 2. The van der Waals surface area contributed by atoms with E-state index in [1.165, 1.54) is 11.3 Å². The van der Waals surface area contributed by atoms with E-state index in [-0.39, 0.29) is 0 Å². The lowest BCUT2D eigenvalue weighted by Crippen LogP contribution is -2.49. The molecular formula is C22H30N2O2. The Morgan fingerprint density at radius 3 is 2.15 bits per heavy atom. The standard InChI is InChI=1S/C22H30N2O2/c1-19(20-8-4-2-5-9-20)17-26-18-22(25)16-23-12-14-24(15-13-23)21-10-6-3-7-11-21/h2-11,19,22,25H,12-18H2,1H3. The Hall–Kier alpha value is -1.88. The Labute approximate surface area is 157 Å². The summed E-state index contributed by atoms with van der Waals surface area (Å²) >= 11 is 0. The molecule has 4 heteroatoms. The first-order chi connectivity index (χ1) is 12.7. The molecule has 2 aromatic carbocycles. The van der Waals surface area contributed by atoms with Crippen LogP contribution in [0.25, 0.3) is 0 Å². The molecule has 1 N–H and O–H groups in total. The number of aliphatic hydroxyl groups is 1. The van der Waals surface area contributed by atoms with Crippen LogP contribution in [0.5, 0.6) is 0 Å². The number of anilines is 1. The largest absolute Gasteiger partial charge is 0.389 e. The van der Waals surface area contributed by atoms with Gasteiger partial charge in [0, 0.05) is 44.3 Å². The van der Waals surface area contributed by atoms with E-state index < -0.39 is 6.10 Å². The van der Waals surface area contributed by atoms with Crippen molar-refractivity contribution in [2.24, 2.45) is 0 Å². The minimum Gasteiger partial charge on any atom is -0.389 e. The second-order valence-corrected chi connectivity index (χ2v) is 7.13. The first-order valence-electron chi connectivity index (χ1n) is 9.55. The first kappa shape index (κ1) is 18.9. The number of para-hydroxylation sites is 1. The molecule has 1 aliphatic rings.